The van der Waals surface area contributed by atoms with E-state index in [1.54, 1.807) is 0 Å². The highest BCUT2D eigenvalue weighted by Gasteiger charge is 2.24. The van der Waals surface area contributed by atoms with Crippen LogP contribution in [0.25, 0.3) is 0 Å². The minimum absolute atomic E-state index is 0.0857. The molecule has 1 atom stereocenters. The molecule has 2 nitrogen and oxygen atoms in total. The fraction of sp³-hybridized carbons (Fsp3) is 0.429. The van der Waals surface area contributed by atoms with Gasteiger partial charge in [0.25, 0.3) is 0 Å². The first-order valence-corrected chi connectivity index (χ1v) is 8.26. The van der Waals surface area contributed by atoms with Crippen LogP contribution >= 0.6 is 0 Å². The Morgan fingerprint density at radius 1 is 1.04 bits per heavy atom. The van der Waals surface area contributed by atoms with Gasteiger partial charge in [-0.1, -0.05) is 70.2 Å². The molecule has 2 aromatic carbocycles. The van der Waals surface area contributed by atoms with E-state index in [2.05, 4.69) is 83.1 Å². The lowest BCUT2D eigenvalue weighted by atomic mass is 9.81. The van der Waals surface area contributed by atoms with Gasteiger partial charge in [-0.15, -0.1) is 0 Å². The third-order valence-corrected chi connectivity index (χ3v) is 4.27. The molecule has 1 N–H and O–H groups in total. The van der Waals surface area contributed by atoms with Crippen molar-refractivity contribution in [2.45, 2.75) is 45.6 Å². The molecule has 0 aliphatic rings. The molecule has 0 heterocycles. The molecule has 0 aliphatic heterocycles. The number of nitrogens with zero attached hydrogens (tertiary/aromatic N) is 1. The Morgan fingerprint density at radius 3 is 2.17 bits per heavy atom. The highest BCUT2D eigenvalue weighted by molar-refractivity contribution is 5.51. The van der Waals surface area contributed by atoms with Gasteiger partial charge in [0.15, 0.2) is 0 Å². The number of phenolic OH excluding ortho intramolecular Hbond substituents is 1. The van der Waals surface area contributed by atoms with E-state index in [0.29, 0.717) is 5.75 Å². The molecule has 0 fully saturated rings. The van der Waals surface area contributed by atoms with Gasteiger partial charge in [-0.25, -0.2) is 0 Å². The van der Waals surface area contributed by atoms with Crippen LogP contribution in [0.15, 0.2) is 42.5 Å². The third-order valence-electron chi connectivity index (χ3n) is 4.27. The molecule has 1 unspecified atom stereocenters. The number of aromatic hydroxyl groups is 1. The Bertz CT molecular complexity index is 654. The quantitative estimate of drug-likeness (QED) is 0.868. The van der Waals surface area contributed by atoms with E-state index in [-0.39, 0.29) is 11.3 Å². The summed E-state index contributed by atoms with van der Waals surface area (Å²) in [5.74, 6) is 0.607. The maximum Gasteiger partial charge on any atom is 0.123 e. The first-order chi connectivity index (χ1) is 10.7. The van der Waals surface area contributed by atoms with E-state index in [9.17, 15) is 5.11 Å². The minimum Gasteiger partial charge on any atom is -0.507 e. The Morgan fingerprint density at radius 2 is 1.65 bits per heavy atom. The fourth-order valence-electron chi connectivity index (χ4n) is 3.00. The van der Waals surface area contributed by atoms with E-state index in [1.807, 2.05) is 6.07 Å². The van der Waals surface area contributed by atoms with Gasteiger partial charge >= 0.3 is 0 Å². The van der Waals surface area contributed by atoms with Gasteiger partial charge in [-0.3, -0.25) is 0 Å². The molecule has 0 saturated carbocycles. The zero-order valence-electron chi connectivity index (χ0n) is 15.2. The van der Waals surface area contributed by atoms with Crippen molar-refractivity contribution in [1.29, 1.82) is 0 Å². The molecule has 0 bridgehead atoms. The van der Waals surface area contributed by atoms with Crippen molar-refractivity contribution in [3.8, 4) is 5.75 Å². The second-order valence-corrected chi connectivity index (χ2v) is 7.70. The SMILES string of the molecule is CC(c1ccccc1)c1cc(CN(C)C)cc(C(C)(C)C)c1O. The highest BCUT2D eigenvalue weighted by atomic mass is 16.3. The van der Waals surface area contributed by atoms with Crippen molar-refractivity contribution in [2.24, 2.45) is 0 Å². The zero-order valence-corrected chi connectivity index (χ0v) is 15.2. The molecular formula is C21H29NO. The lowest BCUT2D eigenvalue weighted by Crippen LogP contribution is -2.16. The van der Waals surface area contributed by atoms with E-state index < -0.39 is 0 Å². The maximum absolute atomic E-state index is 10.9. The van der Waals surface area contributed by atoms with E-state index in [0.717, 1.165) is 17.7 Å². The summed E-state index contributed by atoms with van der Waals surface area (Å²) in [7, 11) is 4.15. The van der Waals surface area contributed by atoms with Crippen LogP contribution in [0, 0.1) is 0 Å². The van der Waals surface area contributed by atoms with Gasteiger partial charge in [0.05, 0.1) is 0 Å². The smallest absolute Gasteiger partial charge is 0.123 e. The first kappa shape index (κ1) is 17.6. The summed E-state index contributed by atoms with van der Waals surface area (Å²) in [4.78, 5) is 2.16. The predicted octanol–water partition coefficient (Wildman–Crippen LogP) is 4.90. The van der Waals surface area contributed by atoms with E-state index in [4.69, 9.17) is 0 Å². The Labute approximate surface area is 140 Å². The summed E-state index contributed by atoms with van der Waals surface area (Å²) in [5.41, 5.74) is 4.42. The van der Waals surface area contributed by atoms with Gasteiger partial charge in [-0.2, -0.15) is 0 Å². The zero-order chi connectivity index (χ0) is 17.2. The molecule has 0 saturated heterocycles. The largest absolute Gasteiger partial charge is 0.507 e. The van der Waals surface area contributed by atoms with Crippen molar-refractivity contribution in [1.82, 2.24) is 4.90 Å². The first-order valence-electron chi connectivity index (χ1n) is 8.26. The van der Waals surface area contributed by atoms with Crippen LogP contribution in [0.4, 0.5) is 0 Å². The Hall–Kier alpha value is -1.80. The summed E-state index contributed by atoms with van der Waals surface area (Å²) in [6, 6.07) is 14.7. The Balaban J connectivity index is 2.57. The van der Waals surface area contributed by atoms with Gasteiger partial charge in [0.2, 0.25) is 0 Å². The van der Waals surface area contributed by atoms with Crippen LogP contribution in [-0.4, -0.2) is 24.1 Å². The van der Waals surface area contributed by atoms with E-state index >= 15 is 0 Å². The maximum atomic E-state index is 10.9. The molecule has 124 valence electrons. The number of benzene rings is 2. The van der Waals surface area contributed by atoms with Crippen molar-refractivity contribution >= 4 is 0 Å². The number of phenols is 1. The van der Waals surface area contributed by atoms with Gasteiger partial charge < -0.3 is 10.0 Å². The summed E-state index contributed by atoms with van der Waals surface area (Å²) in [6.07, 6.45) is 0. The van der Waals surface area contributed by atoms with Crippen LogP contribution in [-0.2, 0) is 12.0 Å². The number of hydrogen-bond donors (Lipinski definition) is 1. The molecule has 2 rings (SSSR count). The van der Waals surface area contributed by atoms with Crippen molar-refractivity contribution in [3.63, 3.8) is 0 Å². The molecule has 0 amide bonds. The van der Waals surface area contributed by atoms with Crippen LogP contribution in [0.3, 0.4) is 0 Å². The van der Waals surface area contributed by atoms with Gasteiger partial charge in [0.1, 0.15) is 5.75 Å². The summed E-state index contributed by atoms with van der Waals surface area (Å²) in [5, 5.41) is 10.9. The molecule has 2 heteroatoms. The van der Waals surface area contributed by atoms with Crippen LogP contribution in [0.2, 0.25) is 0 Å². The summed E-state index contributed by atoms with van der Waals surface area (Å²) in [6.45, 7) is 9.49. The second kappa shape index (κ2) is 6.76. The minimum atomic E-state index is -0.0857. The lowest BCUT2D eigenvalue weighted by molar-refractivity contribution is 0.398. The molecule has 23 heavy (non-hydrogen) atoms. The van der Waals surface area contributed by atoms with E-state index in [1.165, 1.54) is 11.1 Å². The van der Waals surface area contributed by atoms with Crippen LogP contribution in [0.5, 0.6) is 5.75 Å². The molecule has 0 aliphatic carbocycles. The van der Waals surface area contributed by atoms with Crippen molar-refractivity contribution in [3.05, 3.63) is 64.7 Å². The highest BCUT2D eigenvalue weighted by Crippen LogP contribution is 2.39. The number of rotatable bonds is 4. The second-order valence-electron chi connectivity index (χ2n) is 7.70. The van der Waals surface area contributed by atoms with Gasteiger partial charge in [0, 0.05) is 18.0 Å². The molecule has 0 radical (unpaired) electrons. The average Bonchev–Trinajstić information content (AvgIpc) is 2.47. The third kappa shape index (κ3) is 4.14. The number of hydrogen-bond acceptors (Lipinski definition) is 2. The van der Waals surface area contributed by atoms with Crippen LogP contribution in [0.1, 0.15) is 55.9 Å². The average molecular weight is 311 g/mol. The monoisotopic (exact) mass is 311 g/mol. The summed E-state index contributed by atoms with van der Waals surface area (Å²) >= 11 is 0. The fourth-order valence-corrected chi connectivity index (χ4v) is 3.00. The lowest BCUT2D eigenvalue weighted by Gasteiger charge is -2.26. The summed E-state index contributed by atoms with van der Waals surface area (Å²) < 4.78 is 0. The topological polar surface area (TPSA) is 23.5 Å². The standard InChI is InChI=1S/C21H29NO/c1-15(17-10-8-7-9-11-17)18-12-16(14-22(5)6)13-19(20(18)23)21(2,3)4/h7-13,15,23H,14H2,1-6H3. The predicted molar refractivity (Wildman–Crippen MR) is 98.2 cm³/mol. The Kier molecular flexibility index (Phi) is 5.16. The van der Waals surface area contributed by atoms with Crippen LogP contribution < -0.4 is 0 Å². The molecule has 0 spiro atoms. The molecular weight excluding hydrogens is 282 g/mol. The van der Waals surface area contributed by atoms with Crippen molar-refractivity contribution in [2.75, 3.05) is 14.1 Å². The molecule has 2 aromatic rings. The van der Waals surface area contributed by atoms with Gasteiger partial charge in [-0.05, 0) is 36.2 Å². The normalized spacial score (nSPS) is 13.3. The molecule has 0 aromatic heterocycles. The van der Waals surface area contributed by atoms with Crippen molar-refractivity contribution < 1.29 is 5.11 Å².